The average molecular weight is 216 g/mol. The predicted octanol–water partition coefficient (Wildman–Crippen LogP) is 4.30. The van der Waals surface area contributed by atoms with Crippen LogP contribution in [-0.2, 0) is 0 Å². The van der Waals surface area contributed by atoms with E-state index in [2.05, 4.69) is 30.8 Å². The van der Waals surface area contributed by atoms with Crippen LogP contribution in [0, 0.1) is 0 Å². The molecule has 1 aliphatic rings. The lowest BCUT2D eigenvalue weighted by Crippen LogP contribution is -2.04. The molecule has 16 heavy (non-hydrogen) atoms. The molecule has 1 aliphatic carbocycles. The molecule has 0 saturated heterocycles. The van der Waals surface area contributed by atoms with Gasteiger partial charge in [-0.25, -0.2) is 0 Å². The van der Waals surface area contributed by atoms with Crippen molar-refractivity contribution in [2.24, 2.45) is 0 Å². The SMILES string of the molecule is C=CCOc1ccc(C2CCCCC2)cc1. The minimum Gasteiger partial charge on any atom is -0.490 e. The van der Waals surface area contributed by atoms with E-state index in [4.69, 9.17) is 4.74 Å². The third kappa shape index (κ3) is 2.88. The lowest BCUT2D eigenvalue weighted by molar-refractivity contribution is 0.362. The number of ether oxygens (including phenoxy) is 1. The largest absolute Gasteiger partial charge is 0.490 e. The number of rotatable bonds is 4. The van der Waals surface area contributed by atoms with Gasteiger partial charge < -0.3 is 4.74 Å². The molecule has 0 unspecified atom stereocenters. The van der Waals surface area contributed by atoms with Crippen molar-refractivity contribution in [1.29, 1.82) is 0 Å². The van der Waals surface area contributed by atoms with Crippen LogP contribution in [0.1, 0.15) is 43.6 Å². The molecule has 0 aromatic heterocycles. The highest BCUT2D eigenvalue weighted by Crippen LogP contribution is 2.33. The van der Waals surface area contributed by atoms with E-state index in [0.29, 0.717) is 6.61 Å². The standard InChI is InChI=1S/C15H20O/c1-2-12-16-15-10-8-14(9-11-15)13-6-4-3-5-7-13/h2,8-11,13H,1,3-7,12H2. The molecule has 1 aromatic rings. The van der Waals surface area contributed by atoms with Gasteiger partial charge in [-0.05, 0) is 36.5 Å². The molecule has 1 fully saturated rings. The van der Waals surface area contributed by atoms with Crippen molar-refractivity contribution >= 4 is 0 Å². The van der Waals surface area contributed by atoms with E-state index in [1.807, 2.05) is 0 Å². The van der Waals surface area contributed by atoms with Crippen LogP contribution in [-0.4, -0.2) is 6.61 Å². The van der Waals surface area contributed by atoms with E-state index in [0.717, 1.165) is 11.7 Å². The summed E-state index contributed by atoms with van der Waals surface area (Å²) in [5, 5.41) is 0. The van der Waals surface area contributed by atoms with Crippen LogP contribution in [0.15, 0.2) is 36.9 Å². The fraction of sp³-hybridized carbons (Fsp3) is 0.467. The van der Waals surface area contributed by atoms with Gasteiger partial charge in [0.2, 0.25) is 0 Å². The van der Waals surface area contributed by atoms with Crippen LogP contribution in [0.4, 0.5) is 0 Å². The summed E-state index contributed by atoms with van der Waals surface area (Å²) < 4.78 is 5.48. The Morgan fingerprint density at radius 3 is 2.44 bits per heavy atom. The van der Waals surface area contributed by atoms with Crippen molar-refractivity contribution in [2.75, 3.05) is 6.61 Å². The van der Waals surface area contributed by atoms with Gasteiger partial charge in [-0.2, -0.15) is 0 Å². The summed E-state index contributed by atoms with van der Waals surface area (Å²) in [6.45, 7) is 4.23. The van der Waals surface area contributed by atoms with Crippen molar-refractivity contribution < 1.29 is 4.74 Å². The molecular weight excluding hydrogens is 196 g/mol. The second-order valence-corrected chi connectivity index (χ2v) is 4.50. The first-order valence-electron chi connectivity index (χ1n) is 6.24. The van der Waals surface area contributed by atoms with Gasteiger partial charge in [0.25, 0.3) is 0 Å². The molecule has 1 nitrogen and oxygen atoms in total. The van der Waals surface area contributed by atoms with Crippen LogP contribution >= 0.6 is 0 Å². The van der Waals surface area contributed by atoms with Crippen LogP contribution in [0.25, 0.3) is 0 Å². The highest BCUT2D eigenvalue weighted by Gasteiger charge is 2.14. The number of benzene rings is 1. The molecule has 1 aromatic carbocycles. The molecular formula is C15H20O. The molecule has 0 spiro atoms. The molecule has 0 aliphatic heterocycles. The zero-order valence-electron chi connectivity index (χ0n) is 9.82. The third-order valence-corrected chi connectivity index (χ3v) is 3.32. The zero-order valence-corrected chi connectivity index (χ0v) is 9.82. The Morgan fingerprint density at radius 1 is 1.12 bits per heavy atom. The van der Waals surface area contributed by atoms with E-state index >= 15 is 0 Å². The highest BCUT2D eigenvalue weighted by atomic mass is 16.5. The van der Waals surface area contributed by atoms with Gasteiger partial charge in [-0.3, -0.25) is 0 Å². The molecule has 0 bridgehead atoms. The van der Waals surface area contributed by atoms with Gasteiger partial charge in [0.15, 0.2) is 0 Å². The quantitative estimate of drug-likeness (QED) is 0.682. The van der Waals surface area contributed by atoms with Crippen LogP contribution < -0.4 is 4.74 Å². The Morgan fingerprint density at radius 2 is 1.81 bits per heavy atom. The van der Waals surface area contributed by atoms with Crippen molar-refractivity contribution in [3.63, 3.8) is 0 Å². The Bertz CT molecular complexity index is 320. The van der Waals surface area contributed by atoms with E-state index in [1.165, 1.54) is 37.7 Å². The topological polar surface area (TPSA) is 9.23 Å². The smallest absolute Gasteiger partial charge is 0.119 e. The number of hydrogen-bond acceptors (Lipinski definition) is 1. The highest BCUT2D eigenvalue weighted by molar-refractivity contribution is 5.29. The molecule has 0 N–H and O–H groups in total. The number of hydrogen-bond donors (Lipinski definition) is 0. The van der Waals surface area contributed by atoms with Crippen molar-refractivity contribution in [2.45, 2.75) is 38.0 Å². The minimum absolute atomic E-state index is 0.586. The van der Waals surface area contributed by atoms with Gasteiger partial charge >= 0.3 is 0 Å². The summed E-state index contributed by atoms with van der Waals surface area (Å²) in [6.07, 6.45) is 8.67. The molecule has 1 heteroatoms. The maximum absolute atomic E-state index is 5.48. The van der Waals surface area contributed by atoms with Crippen molar-refractivity contribution in [3.05, 3.63) is 42.5 Å². The summed E-state index contributed by atoms with van der Waals surface area (Å²) in [5.41, 5.74) is 1.48. The summed E-state index contributed by atoms with van der Waals surface area (Å²) in [7, 11) is 0. The maximum Gasteiger partial charge on any atom is 0.119 e. The normalized spacial score (nSPS) is 17.0. The fourth-order valence-electron chi connectivity index (χ4n) is 2.43. The summed E-state index contributed by atoms with van der Waals surface area (Å²) in [6, 6.07) is 8.59. The Labute approximate surface area is 98.1 Å². The van der Waals surface area contributed by atoms with Gasteiger partial charge in [-0.15, -0.1) is 0 Å². The van der Waals surface area contributed by atoms with E-state index < -0.39 is 0 Å². The summed E-state index contributed by atoms with van der Waals surface area (Å²) in [4.78, 5) is 0. The molecule has 0 radical (unpaired) electrons. The zero-order chi connectivity index (χ0) is 11.2. The molecule has 1 saturated carbocycles. The minimum atomic E-state index is 0.586. The Kier molecular flexibility index (Phi) is 4.03. The Balaban J connectivity index is 1.97. The molecule has 86 valence electrons. The van der Waals surface area contributed by atoms with Gasteiger partial charge in [0.05, 0.1) is 0 Å². The van der Waals surface area contributed by atoms with E-state index in [9.17, 15) is 0 Å². The van der Waals surface area contributed by atoms with Crippen LogP contribution in [0.3, 0.4) is 0 Å². The summed E-state index contributed by atoms with van der Waals surface area (Å²) >= 11 is 0. The summed E-state index contributed by atoms with van der Waals surface area (Å²) in [5.74, 6) is 1.72. The maximum atomic E-state index is 5.48. The first-order valence-corrected chi connectivity index (χ1v) is 6.24. The van der Waals surface area contributed by atoms with Gasteiger partial charge in [0, 0.05) is 0 Å². The second kappa shape index (κ2) is 5.74. The van der Waals surface area contributed by atoms with Crippen molar-refractivity contribution in [1.82, 2.24) is 0 Å². The van der Waals surface area contributed by atoms with E-state index in [1.54, 1.807) is 6.08 Å². The molecule has 0 heterocycles. The third-order valence-electron chi connectivity index (χ3n) is 3.32. The van der Waals surface area contributed by atoms with Crippen LogP contribution in [0.2, 0.25) is 0 Å². The van der Waals surface area contributed by atoms with Crippen LogP contribution in [0.5, 0.6) is 5.75 Å². The molecule has 2 rings (SSSR count). The monoisotopic (exact) mass is 216 g/mol. The predicted molar refractivity (Wildman–Crippen MR) is 68.0 cm³/mol. The fourth-order valence-corrected chi connectivity index (χ4v) is 2.43. The Hall–Kier alpha value is -1.24. The molecule has 0 atom stereocenters. The van der Waals surface area contributed by atoms with Gasteiger partial charge in [-0.1, -0.05) is 44.1 Å². The van der Waals surface area contributed by atoms with Crippen molar-refractivity contribution in [3.8, 4) is 5.75 Å². The first kappa shape index (κ1) is 11.3. The van der Waals surface area contributed by atoms with Gasteiger partial charge in [0.1, 0.15) is 12.4 Å². The van der Waals surface area contributed by atoms with E-state index in [-0.39, 0.29) is 0 Å². The average Bonchev–Trinajstić information content (AvgIpc) is 2.38. The molecule has 0 amide bonds. The lowest BCUT2D eigenvalue weighted by atomic mass is 9.84. The first-order chi connectivity index (χ1) is 7.90. The lowest BCUT2D eigenvalue weighted by Gasteiger charge is -2.22. The second-order valence-electron chi connectivity index (χ2n) is 4.50.